The van der Waals surface area contributed by atoms with Crippen molar-refractivity contribution in [2.45, 2.75) is 50.8 Å². The second-order valence-electron chi connectivity index (χ2n) is 9.87. The second-order valence-corrected chi connectivity index (χ2v) is 10.7. The molecule has 4 atom stereocenters. The predicted octanol–water partition coefficient (Wildman–Crippen LogP) is 1.82. The van der Waals surface area contributed by atoms with Gasteiger partial charge in [-0.1, -0.05) is 48.4 Å². The topological polar surface area (TPSA) is 119 Å². The number of carbonyl (C=O) groups excluding carboxylic acids is 3. The zero-order chi connectivity index (χ0) is 24.5. The van der Waals surface area contributed by atoms with Crippen molar-refractivity contribution in [3.63, 3.8) is 0 Å². The van der Waals surface area contributed by atoms with Crippen LogP contribution in [0.5, 0.6) is 0 Å². The van der Waals surface area contributed by atoms with Crippen molar-refractivity contribution in [1.82, 2.24) is 30.4 Å². The van der Waals surface area contributed by atoms with Crippen LogP contribution in [0.4, 0.5) is 0 Å². The quantitative estimate of drug-likeness (QED) is 0.402. The maximum atomic E-state index is 14.0. The zero-order valence-corrected chi connectivity index (χ0v) is 21.7. The van der Waals surface area contributed by atoms with E-state index in [1.165, 1.54) is 11.0 Å². The van der Waals surface area contributed by atoms with Crippen LogP contribution in [-0.4, -0.2) is 78.5 Å². The smallest absolute Gasteiger partial charge is 0.252 e. The number of hydrogen-bond donors (Lipinski definition) is 1. The molecule has 35 heavy (non-hydrogen) atoms. The molecule has 1 saturated carbocycles. The van der Waals surface area contributed by atoms with Crippen molar-refractivity contribution in [3.8, 4) is 5.69 Å². The first-order chi connectivity index (χ1) is 17.0. The van der Waals surface area contributed by atoms with E-state index in [0.29, 0.717) is 23.7 Å². The molecule has 0 radical (unpaired) electrons. The Bertz CT molecular complexity index is 1090. The van der Waals surface area contributed by atoms with Gasteiger partial charge >= 0.3 is 0 Å². The minimum absolute atomic E-state index is 0.0277. The fourth-order valence-electron chi connectivity index (χ4n) is 5.59. The van der Waals surface area contributed by atoms with Gasteiger partial charge in [0.2, 0.25) is 5.91 Å². The summed E-state index contributed by atoms with van der Waals surface area (Å²) in [6, 6.07) is 5.73. The van der Waals surface area contributed by atoms with Gasteiger partial charge in [-0.05, 0) is 53.3 Å². The molecule has 1 aliphatic carbocycles. The number of carbonyl (C=O) groups is 3. The largest absolute Gasteiger partial charge is 0.367 e. The van der Waals surface area contributed by atoms with Crippen molar-refractivity contribution in [1.29, 1.82) is 0 Å². The lowest BCUT2D eigenvalue weighted by molar-refractivity contribution is -0.139. The highest BCUT2D eigenvalue weighted by Crippen LogP contribution is 2.36. The predicted molar refractivity (Wildman–Crippen MR) is 134 cm³/mol. The lowest BCUT2D eigenvalue weighted by Gasteiger charge is -2.35. The maximum absolute atomic E-state index is 14.0. The Labute approximate surface area is 217 Å². The molecule has 2 aromatic rings. The van der Waals surface area contributed by atoms with Gasteiger partial charge in [-0.3, -0.25) is 14.4 Å². The van der Waals surface area contributed by atoms with Gasteiger partial charge in [0.25, 0.3) is 5.91 Å². The summed E-state index contributed by atoms with van der Waals surface area (Å²) in [7, 11) is 0. The molecule has 3 heterocycles. The van der Waals surface area contributed by atoms with E-state index < -0.39 is 12.1 Å². The number of fused-ring (bicyclic) bond motifs is 1. The lowest BCUT2D eigenvalue weighted by atomic mass is 9.78. The van der Waals surface area contributed by atoms with Gasteiger partial charge in [0.1, 0.15) is 25.0 Å². The average Bonchev–Trinajstić information content (AvgIpc) is 3.62. The number of alkyl halides is 1. The SMILES string of the molecule is CC1CCC(C(NC(=O)c2cccc(-n3cnnn3)c2)C(=O)N2C[C@H](CI)[C@H]3OCC(=O)[C@H]32)CC1. The second kappa shape index (κ2) is 10.3. The monoisotopic (exact) mass is 592 g/mol. The molecule has 3 aliphatic rings. The standard InChI is InChI=1S/C24H29IN6O4/c1-14-5-7-15(8-6-14)20(24(34)30-11-17(10-25)22-21(30)19(32)12-35-22)27-23(33)16-3-2-4-18(9-16)31-13-26-28-29-31/h2-4,9,13-15,17,20-22H,5-8,10-12H2,1H3,(H,27,33)/t14?,15?,17-,20?,21+,22+/m0/s1. The molecule has 2 saturated heterocycles. The van der Waals surface area contributed by atoms with Gasteiger partial charge < -0.3 is 15.0 Å². The Morgan fingerprint density at radius 2 is 2.06 bits per heavy atom. The Balaban J connectivity index is 1.40. The van der Waals surface area contributed by atoms with Gasteiger partial charge in [-0.15, -0.1) is 5.10 Å². The van der Waals surface area contributed by atoms with E-state index in [2.05, 4.69) is 50.4 Å². The van der Waals surface area contributed by atoms with E-state index in [1.807, 2.05) is 0 Å². The first-order valence-electron chi connectivity index (χ1n) is 12.1. The number of Topliss-reactive ketones (excluding diaryl/α,β-unsaturated/α-hetero) is 1. The van der Waals surface area contributed by atoms with Crippen LogP contribution in [0, 0.1) is 17.8 Å². The number of benzene rings is 1. The van der Waals surface area contributed by atoms with Crippen molar-refractivity contribution >= 4 is 40.2 Å². The third-order valence-electron chi connectivity index (χ3n) is 7.58. The Hall–Kier alpha value is -2.41. The Morgan fingerprint density at radius 1 is 1.26 bits per heavy atom. The van der Waals surface area contributed by atoms with E-state index >= 15 is 0 Å². The molecular formula is C24H29IN6O4. The Morgan fingerprint density at radius 3 is 2.77 bits per heavy atom. The molecule has 1 N–H and O–H groups in total. The summed E-state index contributed by atoms with van der Waals surface area (Å²) < 4.78 is 8.04. The van der Waals surface area contributed by atoms with Crippen LogP contribution in [0.15, 0.2) is 30.6 Å². The highest BCUT2D eigenvalue weighted by atomic mass is 127. The van der Waals surface area contributed by atoms with Crippen molar-refractivity contribution in [2.24, 2.45) is 17.8 Å². The molecule has 3 fully saturated rings. The number of amides is 2. The van der Waals surface area contributed by atoms with Gasteiger partial charge in [-0.2, -0.15) is 0 Å². The third-order valence-corrected chi connectivity index (χ3v) is 8.71. The van der Waals surface area contributed by atoms with Crippen LogP contribution in [0.3, 0.4) is 0 Å². The molecule has 11 heteroatoms. The molecule has 2 aliphatic heterocycles. The van der Waals surface area contributed by atoms with Gasteiger partial charge in [0.05, 0.1) is 11.8 Å². The molecule has 186 valence electrons. The molecule has 0 spiro atoms. The van der Waals surface area contributed by atoms with Crippen LogP contribution < -0.4 is 5.32 Å². The maximum Gasteiger partial charge on any atom is 0.252 e. The molecule has 0 bridgehead atoms. The number of likely N-dealkylation sites (tertiary alicyclic amines) is 1. The summed E-state index contributed by atoms with van der Waals surface area (Å²) in [5, 5.41) is 14.2. The molecular weight excluding hydrogens is 563 g/mol. The molecule has 1 aromatic heterocycles. The number of nitrogens with zero attached hydrogens (tertiary/aromatic N) is 5. The molecule has 1 unspecified atom stereocenters. The van der Waals surface area contributed by atoms with Crippen molar-refractivity contribution in [2.75, 3.05) is 17.6 Å². The van der Waals surface area contributed by atoms with Crippen LogP contribution in [0.25, 0.3) is 5.69 Å². The number of ketones is 1. The highest BCUT2D eigenvalue weighted by molar-refractivity contribution is 14.1. The van der Waals surface area contributed by atoms with Crippen LogP contribution >= 0.6 is 22.6 Å². The van der Waals surface area contributed by atoms with Crippen molar-refractivity contribution in [3.05, 3.63) is 36.2 Å². The number of rotatable bonds is 6. The fraction of sp³-hybridized carbons (Fsp3) is 0.583. The minimum Gasteiger partial charge on any atom is -0.367 e. The van der Waals surface area contributed by atoms with E-state index in [1.54, 1.807) is 29.2 Å². The van der Waals surface area contributed by atoms with E-state index in [0.717, 1.165) is 30.1 Å². The first-order valence-corrected chi connectivity index (χ1v) is 13.6. The normalized spacial score (nSPS) is 29.1. The van der Waals surface area contributed by atoms with Crippen LogP contribution in [-0.2, 0) is 14.3 Å². The third kappa shape index (κ3) is 4.84. The van der Waals surface area contributed by atoms with Gasteiger partial charge in [0.15, 0.2) is 5.78 Å². The number of tetrazole rings is 1. The van der Waals surface area contributed by atoms with Crippen molar-refractivity contribution < 1.29 is 19.1 Å². The first kappa shape index (κ1) is 24.3. The zero-order valence-electron chi connectivity index (χ0n) is 19.5. The van der Waals surface area contributed by atoms with E-state index in [9.17, 15) is 14.4 Å². The molecule has 2 amide bonds. The van der Waals surface area contributed by atoms with Gasteiger partial charge in [-0.25, -0.2) is 4.68 Å². The number of ether oxygens (including phenoxy) is 1. The Kier molecular flexibility index (Phi) is 7.14. The van der Waals surface area contributed by atoms with E-state index in [-0.39, 0.29) is 42.1 Å². The summed E-state index contributed by atoms with van der Waals surface area (Å²) in [4.78, 5) is 41.7. The fourth-order valence-corrected chi connectivity index (χ4v) is 6.37. The summed E-state index contributed by atoms with van der Waals surface area (Å²) >= 11 is 2.29. The molecule has 10 nitrogen and oxygen atoms in total. The lowest BCUT2D eigenvalue weighted by Crippen LogP contribution is -2.55. The highest BCUT2D eigenvalue weighted by Gasteiger charge is 2.53. The molecule has 1 aromatic carbocycles. The number of hydrogen-bond acceptors (Lipinski definition) is 7. The summed E-state index contributed by atoms with van der Waals surface area (Å²) in [5.74, 6) is 0.205. The van der Waals surface area contributed by atoms with Crippen LogP contribution in [0.2, 0.25) is 0 Å². The average molecular weight is 592 g/mol. The summed E-state index contributed by atoms with van der Waals surface area (Å²) in [6.07, 6.45) is 4.97. The minimum atomic E-state index is -0.686. The summed E-state index contributed by atoms with van der Waals surface area (Å²) in [5.41, 5.74) is 1.07. The van der Waals surface area contributed by atoms with Crippen LogP contribution in [0.1, 0.15) is 43.0 Å². The summed E-state index contributed by atoms with van der Waals surface area (Å²) in [6.45, 7) is 2.75. The number of halogens is 1. The van der Waals surface area contributed by atoms with Gasteiger partial charge in [0, 0.05) is 22.5 Å². The molecule has 5 rings (SSSR count). The number of nitrogens with one attached hydrogen (secondary N) is 1. The number of aromatic nitrogens is 4. The van der Waals surface area contributed by atoms with E-state index in [4.69, 9.17) is 4.74 Å².